The minimum Gasteiger partial charge on any atom is -0.298 e. The largest absolute Gasteiger partial charge is 0.298 e. The summed E-state index contributed by atoms with van der Waals surface area (Å²) in [4.78, 5) is 10.3. The molecule has 0 saturated carbocycles. The lowest BCUT2D eigenvalue weighted by Crippen LogP contribution is -2.08. The van der Waals surface area contributed by atoms with Crippen molar-refractivity contribution in [3.63, 3.8) is 0 Å². The van der Waals surface area contributed by atoms with E-state index in [-0.39, 0.29) is 0 Å². The van der Waals surface area contributed by atoms with E-state index in [0.717, 1.165) is 40.9 Å². The number of para-hydroxylation sites is 3. The Labute approximate surface area is 231 Å². The van der Waals surface area contributed by atoms with Crippen LogP contribution in [0, 0.1) is 0 Å². The van der Waals surface area contributed by atoms with Crippen molar-refractivity contribution in [3.05, 3.63) is 120 Å². The Hall–Kier alpha value is -4.96. The van der Waals surface area contributed by atoms with Gasteiger partial charge in [-0.1, -0.05) is 54.6 Å². The van der Waals surface area contributed by atoms with Gasteiger partial charge in [0, 0.05) is 32.6 Å². The predicted octanol–water partition coefficient (Wildman–Crippen LogP) is 8.70. The molecule has 0 aliphatic heterocycles. The molecule has 0 fully saturated rings. The van der Waals surface area contributed by atoms with Crippen LogP contribution in [0.3, 0.4) is 0 Å². The van der Waals surface area contributed by atoms with Crippen molar-refractivity contribution in [1.29, 1.82) is 0 Å². The minimum absolute atomic E-state index is 0.953. The number of pyridine rings is 2. The Morgan fingerprint density at radius 3 is 1.85 bits per heavy atom. The SMILES string of the molecule is c1ccc2nc(-n3c4c(c5cc6c(cc53)c3ccccc3n6-c3ccc5ccccc5n3)CCCC4)ccc2c1. The fraction of sp³-hybridized carbons (Fsp3) is 0.111. The molecule has 8 aromatic rings. The third-order valence-corrected chi connectivity index (χ3v) is 8.69. The number of hydrogen-bond acceptors (Lipinski definition) is 2. The quantitative estimate of drug-likeness (QED) is 0.231. The lowest BCUT2D eigenvalue weighted by Gasteiger charge is -2.16. The van der Waals surface area contributed by atoms with Gasteiger partial charge in [-0.3, -0.25) is 9.13 Å². The Morgan fingerprint density at radius 1 is 0.475 bits per heavy atom. The van der Waals surface area contributed by atoms with E-state index in [2.05, 4.69) is 118 Å². The molecule has 0 spiro atoms. The summed E-state index contributed by atoms with van der Waals surface area (Å²) in [6.07, 6.45) is 4.62. The third kappa shape index (κ3) is 3.07. The standard InChI is InChI=1S/C36H26N4/c1-5-13-29-23(9-1)17-19-35(37-29)39-31-15-7-3-11-25(31)27-22-34-28(21-33(27)39)26-12-4-8-16-32(26)40(34)36-20-18-24-10-2-6-14-30(24)38-36/h1-3,5-7,9-11,13-15,17-22H,4,8,12,16H2. The molecule has 0 bridgehead atoms. The van der Waals surface area contributed by atoms with Gasteiger partial charge in [0.2, 0.25) is 0 Å². The van der Waals surface area contributed by atoms with Gasteiger partial charge in [0.15, 0.2) is 0 Å². The van der Waals surface area contributed by atoms with Crippen LogP contribution in [-0.4, -0.2) is 19.1 Å². The number of hydrogen-bond donors (Lipinski definition) is 0. The first-order valence-corrected chi connectivity index (χ1v) is 14.2. The van der Waals surface area contributed by atoms with E-state index >= 15 is 0 Å². The van der Waals surface area contributed by atoms with Crippen LogP contribution in [0.25, 0.3) is 66.2 Å². The molecule has 9 rings (SSSR count). The molecule has 4 heteroatoms. The van der Waals surface area contributed by atoms with Crippen molar-refractivity contribution in [1.82, 2.24) is 19.1 Å². The number of aromatic nitrogens is 4. The topological polar surface area (TPSA) is 35.6 Å². The summed E-state index contributed by atoms with van der Waals surface area (Å²) >= 11 is 0. The first kappa shape index (κ1) is 21.9. The zero-order chi connectivity index (χ0) is 26.2. The number of fused-ring (bicyclic) bond motifs is 8. The molecule has 0 amide bonds. The van der Waals surface area contributed by atoms with E-state index in [1.807, 2.05) is 0 Å². The van der Waals surface area contributed by atoms with Gasteiger partial charge < -0.3 is 0 Å². The summed E-state index contributed by atoms with van der Waals surface area (Å²) < 4.78 is 4.79. The van der Waals surface area contributed by atoms with Crippen LogP contribution in [0.2, 0.25) is 0 Å². The lowest BCUT2D eigenvalue weighted by atomic mass is 9.95. The summed E-state index contributed by atoms with van der Waals surface area (Å²) in [6, 6.07) is 39.0. The zero-order valence-electron chi connectivity index (χ0n) is 22.0. The smallest absolute Gasteiger partial charge is 0.138 e. The second kappa shape index (κ2) is 8.27. The van der Waals surface area contributed by atoms with Gasteiger partial charge in [-0.05, 0) is 85.8 Å². The van der Waals surface area contributed by atoms with Crippen LogP contribution in [-0.2, 0) is 12.8 Å². The Kier molecular flexibility index (Phi) is 4.53. The molecule has 4 nitrogen and oxygen atoms in total. The molecule has 1 aliphatic carbocycles. The Balaban J connectivity index is 1.39. The van der Waals surface area contributed by atoms with Crippen LogP contribution >= 0.6 is 0 Å². The maximum atomic E-state index is 5.15. The van der Waals surface area contributed by atoms with Crippen molar-refractivity contribution in [2.24, 2.45) is 0 Å². The first-order valence-electron chi connectivity index (χ1n) is 14.2. The van der Waals surface area contributed by atoms with Crippen LogP contribution in [0.15, 0.2) is 109 Å². The van der Waals surface area contributed by atoms with Gasteiger partial charge in [0.1, 0.15) is 11.6 Å². The molecule has 190 valence electrons. The number of nitrogens with zero attached hydrogens (tertiary/aromatic N) is 4. The number of rotatable bonds is 2. The van der Waals surface area contributed by atoms with Gasteiger partial charge in [0.05, 0.1) is 27.6 Å². The first-order chi connectivity index (χ1) is 19.8. The maximum absolute atomic E-state index is 5.15. The van der Waals surface area contributed by atoms with Crippen molar-refractivity contribution in [2.45, 2.75) is 25.7 Å². The Bertz CT molecular complexity index is 2280. The predicted molar refractivity (Wildman–Crippen MR) is 165 cm³/mol. The molecular formula is C36H26N4. The highest BCUT2D eigenvalue weighted by molar-refractivity contribution is 6.14. The summed E-state index contributed by atoms with van der Waals surface area (Å²) in [7, 11) is 0. The molecule has 4 heterocycles. The summed E-state index contributed by atoms with van der Waals surface area (Å²) in [5.41, 5.74) is 8.56. The van der Waals surface area contributed by atoms with Gasteiger partial charge in [0.25, 0.3) is 0 Å². The van der Waals surface area contributed by atoms with Crippen LogP contribution in [0.1, 0.15) is 24.1 Å². The summed E-state index contributed by atoms with van der Waals surface area (Å²) in [6.45, 7) is 0. The van der Waals surface area contributed by atoms with Crippen molar-refractivity contribution in [2.75, 3.05) is 0 Å². The molecule has 0 saturated heterocycles. The average Bonchev–Trinajstić information content (AvgIpc) is 3.51. The normalized spacial score (nSPS) is 13.6. The van der Waals surface area contributed by atoms with Crippen LogP contribution < -0.4 is 0 Å². The van der Waals surface area contributed by atoms with Gasteiger partial charge in [-0.15, -0.1) is 0 Å². The van der Waals surface area contributed by atoms with E-state index in [9.17, 15) is 0 Å². The zero-order valence-corrected chi connectivity index (χ0v) is 22.0. The molecular weight excluding hydrogens is 488 g/mol. The molecule has 0 radical (unpaired) electrons. The van der Waals surface area contributed by atoms with Gasteiger partial charge in [-0.25, -0.2) is 9.97 Å². The highest BCUT2D eigenvalue weighted by Crippen LogP contribution is 2.40. The summed E-state index contributed by atoms with van der Waals surface area (Å²) in [5, 5.41) is 6.15. The van der Waals surface area contributed by atoms with Crippen molar-refractivity contribution >= 4 is 54.5 Å². The van der Waals surface area contributed by atoms with E-state index in [1.54, 1.807) is 0 Å². The maximum Gasteiger partial charge on any atom is 0.138 e. The monoisotopic (exact) mass is 514 g/mol. The molecule has 40 heavy (non-hydrogen) atoms. The fourth-order valence-electron chi connectivity index (χ4n) is 6.87. The van der Waals surface area contributed by atoms with Crippen molar-refractivity contribution in [3.8, 4) is 11.6 Å². The van der Waals surface area contributed by atoms with E-state index in [0.29, 0.717) is 0 Å². The average molecular weight is 515 g/mol. The second-order valence-corrected chi connectivity index (χ2v) is 10.9. The second-order valence-electron chi connectivity index (χ2n) is 10.9. The van der Waals surface area contributed by atoms with Crippen LogP contribution in [0.4, 0.5) is 0 Å². The van der Waals surface area contributed by atoms with Gasteiger partial charge in [-0.2, -0.15) is 0 Å². The van der Waals surface area contributed by atoms with Gasteiger partial charge >= 0.3 is 0 Å². The lowest BCUT2D eigenvalue weighted by molar-refractivity contribution is 0.665. The third-order valence-electron chi connectivity index (χ3n) is 8.69. The summed E-state index contributed by atoms with van der Waals surface area (Å²) in [5.74, 6) is 1.96. The van der Waals surface area contributed by atoms with E-state index in [1.165, 1.54) is 62.2 Å². The van der Waals surface area contributed by atoms with Crippen molar-refractivity contribution < 1.29 is 0 Å². The van der Waals surface area contributed by atoms with E-state index in [4.69, 9.17) is 9.97 Å². The van der Waals surface area contributed by atoms with E-state index < -0.39 is 0 Å². The van der Waals surface area contributed by atoms with Crippen LogP contribution in [0.5, 0.6) is 0 Å². The number of aryl methyl sites for hydroxylation is 1. The molecule has 0 N–H and O–H groups in total. The molecule has 0 atom stereocenters. The molecule has 4 aromatic heterocycles. The molecule has 0 unspecified atom stereocenters. The fourth-order valence-corrected chi connectivity index (χ4v) is 6.87. The minimum atomic E-state index is 0.953. The Morgan fingerprint density at radius 2 is 1.07 bits per heavy atom. The molecule has 4 aromatic carbocycles. The number of benzene rings is 4. The molecule has 1 aliphatic rings. The highest BCUT2D eigenvalue weighted by Gasteiger charge is 2.24. The highest BCUT2D eigenvalue weighted by atomic mass is 15.1.